The lowest BCUT2D eigenvalue weighted by Gasteiger charge is -2.27. The van der Waals surface area contributed by atoms with Gasteiger partial charge in [-0.3, -0.25) is 4.79 Å². The van der Waals surface area contributed by atoms with Crippen molar-refractivity contribution in [3.8, 4) is 5.75 Å². The number of morpholine rings is 1. The van der Waals surface area contributed by atoms with Crippen LogP contribution in [-0.2, 0) is 19.6 Å². The van der Waals surface area contributed by atoms with E-state index in [2.05, 4.69) is 5.32 Å². The van der Waals surface area contributed by atoms with E-state index >= 15 is 0 Å². The van der Waals surface area contributed by atoms with E-state index in [1.165, 1.54) is 10.4 Å². The molecule has 1 heterocycles. The van der Waals surface area contributed by atoms with Crippen molar-refractivity contribution in [1.82, 2.24) is 4.31 Å². The van der Waals surface area contributed by atoms with Crippen LogP contribution in [0, 0.1) is 0 Å². The van der Waals surface area contributed by atoms with Gasteiger partial charge in [-0.05, 0) is 36.2 Å². The first-order valence-corrected chi connectivity index (χ1v) is 13.2. The molecule has 0 spiro atoms. The number of nitrogens with one attached hydrogen (secondary N) is 1. The van der Waals surface area contributed by atoms with Crippen LogP contribution in [0.15, 0.2) is 83.8 Å². The number of anilines is 1. The van der Waals surface area contributed by atoms with Crippen LogP contribution in [0.3, 0.4) is 0 Å². The summed E-state index contributed by atoms with van der Waals surface area (Å²) < 4.78 is 39.0. The van der Waals surface area contributed by atoms with Gasteiger partial charge in [0.05, 0.1) is 19.8 Å². The molecule has 0 atom stereocenters. The van der Waals surface area contributed by atoms with Gasteiger partial charge in [-0.2, -0.15) is 4.31 Å². The van der Waals surface area contributed by atoms with Gasteiger partial charge in [-0.25, -0.2) is 8.42 Å². The SMILES string of the molecule is CCOc1ccc(NC(=O)CC(c2ccccc2)c2ccccc2)cc1S(=O)(=O)N1CCOCC1. The van der Waals surface area contributed by atoms with Gasteiger partial charge >= 0.3 is 0 Å². The van der Waals surface area contributed by atoms with Crippen LogP contribution in [0.1, 0.15) is 30.4 Å². The molecular formula is C27H30N2O5S. The number of sulfonamides is 1. The van der Waals surface area contributed by atoms with Crippen molar-refractivity contribution in [2.75, 3.05) is 38.2 Å². The number of carbonyl (C=O) groups excluding carboxylic acids is 1. The summed E-state index contributed by atoms with van der Waals surface area (Å²) in [5.74, 6) is -0.0679. The van der Waals surface area contributed by atoms with Gasteiger partial charge in [-0.1, -0.05) is 60.7 Å². The van der Waals surface area contributed by atoms with Crippen molar-refractivity contribution < 1.29 is 22.7 Å². The van der Waals surface area contributed by atoms with E-state index in [9.17, 15) is 13.2 Å². The van der Waals surface area contributed by atoms with Crippen LogP contribution in [0.5, 0.6) is 5.75 Å². The first kappa shape index (κ1) is 24.9. The highest BCUT2D eigenvalue weighted by Crippen LogP contribution is 2.32. The molecule has 1 N–H and O–H groups in total. The van der Waals surface area contributed by atoms with Gasteiger partial charge in [0, 0.05) is 31.1 Å². The molecule has 184 valence electrons. The van der Waals surface area contributed by atoms with Crippen molar-refractivity contribution in [3.63, 3.8) is 0 Å². The van der Waals surface area contributed by atoms with E-state index in [-0.39, 0.29) is 42.0 Å². The third kappa shape index (κ3) is 6.08. The molecule has 1 aliphatic rings. The van der Waals surface area contributed by atoms with Gasteiger partial charge in [-0.15, -0.1) is 0 Å². The molecule has 0 bridgehead atoms. The minimum absolute atomic E-state index is 0.0433. The number of nitrogens with zero attached hydrogens (tertiary/aromatic N) is 1. The van der Waals surface area contributed by atoms with Crippen molar-refractivity contribution in [3.05, 3.63) is 90.0 Å². The number of hydrogen-bond donors (Lipinski definition) is 1. The molecule has 0 unspecified atom stereocenters. The highest BCUT2D eigenvalue weighted by molar-refractivity contribution is 7.89. The first-order valence-electron chi connectivity index (χ1n) is 11.7. The summed E-state index contributed by atoms with van der Waals surface area (Å²) in [6, 6.07) is 24.5. The first-order chi connectivity index (χ1) is 17.0. The number of hydrogen-bond acceptors (Lipinski definition) is 5. The van der Waals surface area contributed by atoms with Gasteiger partial charge in [0.1, 0.15) is 10.6 Å². The zero-order chi connectivity index (χ0) is 24.7. The van der Waals surface area contributed by atoms with Crippen LogP contribution < -0.4 is 10.1 Å². The maximum Gasteiger partial charge on any atom is 0.246 e. The maximum absolute atomic E-state index is 13.3. The van der Waals surface area contributed by atoms with Crippen LogP contribution in [0.2, 0.25) is 0 Å². The Hall–Kier alpha value is -3.20. The Morgan fingerprint density at radius 3 is 2.14 bits per heavy atom. The molecule has 0 saturated carbocycles. The zero-order valence-corrected chi connectivity index (χ0v) is 20.5. The predicted molar refractivity (Wildman–Crippen MR) is 135 cm³/mol. The number of ether oxygens (including phenoxy) is 2. The molecule has 1 amide bonds. The van der Waals surface area contributed by atoms with Gasteiger partial charge in [0.15, 0.2) is 0 Å². The largest absolute Gasteiger partial charge is 0.492 e. The Balaban J connectivity index is 1.58. The normalized spacial score (nSPS) is 14.6. The van der Waals surface area contributed by atoms with Gasteiger partial charge < -0.3 is 14.8 Å². The molecule has 3 aromatic rings. The molecule has 1 saturated heterocycles. The molecule has 0 radical (unpaired) electrons. The highest BCUT2D eigenvalue weighted by Gasteiger charge is 2.30. The third-order valence-electron chi connectivity index (χ3n) is 5.91. The second kappa shape index (κ2) is 11.5. The predicted octanol–water partition coefficient (Wildman–Crippen LogP) is 4.27. The number of amides is 1. The molecule has 7 nitrogen and oxygen atoms in total. The smallest absolute Gasteiger partial charge is 0.246 e. The van der Waals surface area contributed by atoms with Crippen LogP contribution in [0.25, 0.3) is 0 Å². The molecule has 3 aromatic carbocycles. The van der Waals surface area contributed by atoms with E-state index in [0.717, 1.165) is 11.1 Å². The van der Waals surface area contributed by atoms with Crippen LogP contribution >= 0.6 is 0 Å². The second-order valence-corrected chi connectivity index (χ2v) is 10.1. The minimum atomic E-state index is -3.81. The monoisotopic (exact) mass is 494 g/mol. The number of carbonyl (C=O) groups is 1. The fourth-order valence-electron chi connectivity index (χ4n) is 4.18. The summed E-state index contributed by atoms with van der Waals surface area (Å²) >= 11 is 0. The average Bonchev–Trinajstić information content (AvgIpc) is 2.90. The molecule has 0 aliphatic carbocycles. The van der Waals surface area contributed by atoms with Crippen LogP contribution in [0.4, 0.5) is 5.69 Å². The summed E-state index contributed by atoms with van der Waals surface area (Å²) in [4.78, 5) is 13.2. The average molecular weight is 495 g/mol. The molecule has 4 rings (SSSR count). The maximum atomic E-state index is 13.3. The Morgan fingerprint density at radius 2 is 1.57 bits per heavy atom. The Morgan fingerprint density at radius 1 is 0.971 bits per heavy atom. The Kier molecular flexibility index (Phi) is 8.17. The van der Waals surface area contributed by atoms with Gasteiger partial charge in [0.25, 0.3) is 0 Å². The summed E-state index contributed by atoms with van der Waals surface area (Å²) in [6.07, 6.45) is 0.215. The summed E-state index contributed by atoms with van der Waals surface area (Å²) in [6.45, 7) is 3.38. The summed E-state index contributed by atoms with van der Waals surface area (Å²) in [5, 5.41) is 2.89. The Bertz CT molecular complexity index is 1190. The van der Waals surface area contributed by atoms with Crippen molar-refractivity contribution in [2.45, 2.75) is 24.2 Å². The zero-order valence-electron chi connectivity index (χ0n) is 19.7. The van der Waals surface area contributed by atoms with Crippen LogP contribution in [-0.4, -0.2) is 51.5 Å². The lowest BCUT2D eigenvalue weighted by Crippen LogP contribution is -2.40. The topological polar surface area (TPSA) is 84.9 Å². The van der Waals surface area contributed by atoms with Crippen molar-refractivity contribution in [1.29, 1.82) is 0 Å². The molecule has 1 fully saturated rings. The fraction of sp³-hybridized carbons (Fsp3) is 0.296. The lowest BCUT2D eigenvalue weighted by molar-refractivity contribution is -0.116. The van der Waals surface area contributed by atoms with E-state index in [1.807, 2.05) is 60.7 Å². The number of rotatable bonds is 9. The van der Waals surface area contributed by atoms with E-state index in [0.29, 0.717) is 25.5 Å². The van der Waals surface area contributed by atoms with E-state index in [4.69, 9.17) is 9.47 Å². The second-order valence-electron chi connectivity index (χ2n) is 8.24. The molecular weight excluding hydrogens is 464 g/mol. The van der Waals surface area contributed by atoms with E-state index in [1.54, 1.807) is 19.1 Å². The van der Waals surface area contributed by atoms with Gasteiger partial charge in [0.2, 0.25) is 15.9 Å². The third-order valence-corrected chi connectivity index (χ3v) is 7.83. The Labute approximate surface area is 206 Å². The molecule has 1 aliphatic heterocycles. The summed E-state index contributed by atoms with van der Waals surface area (Å²) in [7, 11) is -3.81. The quantitative estimate of drug-likeness (QED) is 0.480. The lowest BCUT2D eigenvalue weighted by atomic mass is 9.88. The van der Waals surface area contributed by atoms with Crippen molar-refractivity contribution in [2.24, 2.45) is 0 Å². The molecule has 8 heteroatoms. The minimum Gasteiger partial charge on any atom is -0.492 e. The molecule has 35 heavy (non-hydrogen) atoms. The fourth-order valence-corrected chi connectivity index (χ4v) is 5.75. The van der Waals surface area contributed by atoms with E-state index < -0.39 is 10.0 Å². The standard InChI is InChI=1S/C27H30N2O5S/c1-2-34-25-14-13-23(19-26(25)35(31,32)29-15-17-33-18-16-29)28-27(30)20-24(21-9-5-3-6-10-21)22-11-7-4-8-12-22/h3-14,19,24H,2,15-18,20H2,1H3,(H,28,30). The molecule has 0 aromatic heterocycles. The highest BCUT2D eigenvalue weighted by atomic mass is 32.2. The van der Waals surface area contributed by atoms with Crippen molar-refractivity contribution >= 4 is 21.6 Å². The summed E-state index contributed by atoms with van der Waals surface area (Å²) in [5.41, 5.74) is 2.48. The number of benzene rings is 3.